The van der Waals surface area contributed by atoms with E-state index in [-0.39, 0.29) is 0 Å². The van der Waals surface area contributed by atoms with Crippen molar-refractivity contribution in [3.8, 4) is 0 Å². The standard InChI is InChI=1S/C15H22N2O2/c1-18-11-12-19-10-9-17-8-6-14-4-2-3-13(5-7-16)15(14)17/h2-4,6,8H,5,7,9-12,16H2,1H3. The second-order valence-electron chi connectivity index (χ2n) is 4.51. The van der Waals surface area contributed by atoms with Gasteiger partial charge in [0, 0.05) is 19.9 Å². The number of ether oxygens (including phenoxy) is 2. The molecule has 0 atom stereocenters. The number of hydrogen-bond acceptors (Lipinski definition) is 3. The van der Waals surface area contributed by atoms with Crippen LogP contribution in [0.5, 0.6) is 0 Å². The van der Waals surface area contributed by atoms with Crippen LogP contribution in [0, 0.1) is 0 Å². The highest BCUT2D eigenvalue weighted by atomic mass is 16.5. The highest BCUT2D eigenvalue weighted by molar-refractivity contribution is 5.83. The highest BCUT2D eigenvalue weighted by Crippen LogP contribution is 2.20. The Kier molecular flexibility index (Phi) is 5.39. The molecular weight excluding hydrogens is 240 g/mol. The smallest absolute Gasteiger partial charge is 0.0701 e. The van der Waals surface area contributed by atoms with Crippen molar-refractivity contribution < 1.29 is 9.47 Å². The summed E-state index contributed by atoms with van der Waals surface area (Å²) in [6, 6.07) is 8.52. The Labute approximate surface area is 114 Å². The van der Waals surface area contributed by atoms with E-state index < -0.39 is 0 Å². The average Bonchev–Trinajstić information content (AvgIpc) is 2.83. The Hall–Kier alpha value is -1.36. The van der Waals surface area contributed by atoms with Crippen molar-refractivity contribution in [2.45, 2.75) is 13.0 Å². The lowest BCUT2D eigenvalue weighted by Crippen LogP contribution is -2.10. The molecule has 1 aromatic carbocycles. The predicted molar refractivity (Wildman–Crippen MR) is 77.4 cm³/mol. The molecule has 4 heteroatoms. The largest absolute Gasteiger partial charge is 0.382 e. The van der Waals surface area contributed by atoms with E-state index in [1.807, 2.05) is 0 Å². The van der Waals surface area contributed by atoms with E-state index >= 15 is 0 Å². The molecule has 0 saturated carbocycles. The molecule has 0 bridgehead atoms. The van der Waals surface area contributed by atoms with Gasteiger partial charge in [-0.05, 0) is 30.0 Å². The number of methoxy groups -OCH3 is 1. The quantitative estimate of drug-likeness (QED) is 0.738. The minimum atomic E-state index is 0.644. The number of benzene rings is 1. The summed E-state index contributed by atoms with van der Waals surface area (Å²) in [6.45, 7) is 3.52. The molecule has 0 fully saturated rings. The maximum Gasteiger partial charge on any atom is 0.0701 e. The van der Waals surface area contributed by atoms with Crippen molar-refractivity contribution in [1.29, 1.82) is 0 Å². The van der Waals surface area contributed by atoms with E-state index in [9.17, 15) is 0 Å². The maximum atomic E-state index is 5.68. The molecule has 0 amide bonds. The molecule has 2 aromatic rings. The third kappa shape index (κ3) is 3.56. The van der Waals surface area contributed by atoms with Gasteiger partial charge in [0.2, 0.25) is 0 Å². The van der Waals surface area contributed by atoms with Crippen LogP contribution < -0.4 is 5.73 Å². The summed E-state index contributed by atoms with van der Waals surface area (Å²) in [5.74, 6) is 0. The summed E-state index contributed by atoms with van der Waals surface area (Å²) in [6.07, 6.45) is 3.02. The fourth-order valence-electron chi connectivity index (χ4n) is 2.29. The van der Waals surface area contributed by atoms with Gasteiger partial charge < -0.3 is 19.8 Å². The van der Waals surface area contributed by atoms with Crippen LogP contribution in [-0.4, -0.2) is 38.0 Å². The normalized spacial score (nSPS) is 11.3. The van der Waals surface area contributed by atoms with E-state index in [0.717, 1.165) is 13.0 Å². The van der Waals surface area contributed by atoms with E-state index in [4.69, 9.17) is 15.2 Å². The lowest BCUT2D eigenvalue weighted by molar-refractivity contribution is 0.0670. The molecule has 19 heavy (non-hydrogen) atoms. The van der Waals surface area contributed by atoms with E-state index in [1.54, 1.807) is 7.11 Å². The Morgan fingerprint density at radius 1 is 1.16 bits per heavy atom. The molecule has 0 aliphatic carbocycles. The third-order valence-corrected chi connectivity index (χ3v) is 3.19. The molecule has 0 aliphatic rings. The molecule has 104 valence electrons. The Morgan fingerprint density at radius 3 is 2.84 bits per heavy atom. The number of fused-ring (bicyclic) bond motifs is 1. The van der Waals surface area contributed by atoms with E-state index in [1.165, 1.54) is 16.5 Å². The van der Waals surface area contributed by atoms with Crippen molar-refractivity contribution in [1.82, 2.24) is 4.57 Å². The van der Waals surface area contributed by atoms with Gasteiger partial charge in [0.15, 0.2) is 0 Å². The number of rotatable bonds is 8. The molecule has 0 spiro atoms. The number of hydrogen-bond donors (Lipinski definition) is 1. The number of nitrogens with zero attached hydrogens (tertiary/aromatic N) is 1. The van der Waals surface area contributed by atoms with Gasteiger partial charge in [-0.3, -0.25) is 0 Å². The number of nitrogens with two attached hydrogens (primary N) is 1. The summed E-state index contributed by atoms with van der Waals surface area (Å²) in [5, 5.41) is 1.27. The minimum Gasteiger partial charge on any atom is -0.382 e. The molecule has 4 nitrogen and oxygen atoms in total. The van der Waals surface area contributed by atoms with Crippen molar-refractivity contribution in [3.63, 3.8) is 0 Å². The zero-order chi connectivity index (χ0) is 13.5. The van der Waals surface area contributed by atoms with Crippen molar-refractivity contribution in [2.24, 2.45) is 5.73 Å². The fraction of sp³-hybridized carbons (Fsp3) is 0.467. The summed E-state index contributed by atoms with van der Waals surface area (Å²) < 4.78 is 12.7. The van der Waals surface area contributed by atoms with Gasteiger partial charge in [0.25, 0.3) is 0 Å². The Morgan fingerprint density at radius 2 is 2.05 bits per heavy atom. The third-order valence-electron chi connectivity index (χ3n) is 3.19. The van der Waals surface area contributed by atoms with Crippen LogP contribution in [0.1, 0.15) is 5.56 Å². The Balaban J connectivity index is 2.05. The molecule has 1 heterocycles. The van der Waals surface area contributed by atoms with Gasteiger partial charge in [0.1, 0.15) is 0 Å². The zero-order valence-electron chi connectivity index (χ0n) is 11.5. The summed E-state index contributed by atoms with van der Waals surface area (Å²) >= 11 is 0. The molecule has 0 aliphatic heterocycles. The molecule has 0 radical (unpaired) electrons. The summed E-state index contributed by atoms with van der Waals surface area (Å²) in [7, 11) is 1.68. The fourth-order valence-corrected chi connectivity index (χ4v) is 2.29. The first-order valence-electron chi connectivity index (χ1n) is 6.70. The summed E-state index contributed by atoms with van der Waals surface area (Å²) in [4.78, 5) is 0. The lowest BCUT2D eigenvalue weighted by atomic mass is 10.1. The van der Waals surface area contributed by atoms with Gasteiger partial charge >= 0.3 is 0 Å². The van der Waals surface area contributed by atoms with Crippen LogP contribution in [0.3, 0.4) is 0 Å². The first kappa shape index (κ1) is 14.1. The van der Waals surface area contributed by atoms with Crippen molar-refractivity contribution in [3.05, 3.63) is 36.0 Å². The molecule has 2 N–H and O–H groups in total. The van der Waals surface area contributed by atoms with E-state index in [2.05, 4.69) is 35.0 Å². The SMILES string of the molecule is COCCOCCn1ccc2cccc(CCN)c21. The minimum absolute atomic E-state index is 0.644. The van der Waals surface area contributed by atoms with Crippen molar-refractivity contribution in [2.75, 3.05) is 33.5 Å². The molecule has 2 rings (SSSR count). The first-order chi connectivity index (χ1) is 9.36. The van der Waals surface area contributed by atoms with Crippen LogP contribution in [-0.2, 0) is 22.4 Å². The second kappa shape index (κ2) is 7.28. The molecular formula is C15H22N2O2. The predicted octanol–water partition coefficient (Wildman–Crippen LogP) is 1.81. The average molecular weight is 262 g/mol. The second-order valence-corrected chi connectivity index (χ2v) is 4.51. The molecule has 0 saturated heterocycles. The van der Waals surface area contributed by atoms with Crippen LogP contribution in [0.4, 0.5) is 0 Å². The topological polar surface area (TPSA) is 49.4 Å². The van der Waals surface area contributed by atoms with E-state index in [0.29, 0.717) is 26.4 Å². The van der Waals surface area contributed by atoms with Crippen LogP contribution in [0.2, 0.25) is 0 Å². The molecule has 1 aromatic heterocycles. The van der Waals surface area contributed by atoms with Gasteiger partial charge in [-0.25, -0.2) is 0 Å². The van der Waals surface area contributed by atoms with Gasteiger partial charge in [-0.1, -0.05) is 18.2 Å². The Bertz CT molecular complexity index is 508. The van der Waals surface area contributed by atoms with Gasteiger partial charge in [-0.2, -0.15) is 0 Å². The van der Waals surface area contributed by atoms with Crippen LogP contribution >= 0.6 is 0 Å². The van der Waals surface area contributed by atoms with Gasteiger partial charge in [-0.15, -0.1) is 0 Å². The molecule has 0 unspecified atom stereocenters. The van der Waals surface area contributed by atoms with Crippen LogP contribution in [0.15, 0.2) is 30.5 Å². The maximum absolute atomic E-state index is 5.68. The van der Waals surface area contributed by atoms with Crippen molar-refractivity contribution >= 4 is 10.9 Å². The number of para-hydroxylation sites is 1. The first-order valence-corrected chi connectivity index (χ1v) is 6.70. The highest BCUT2D eigenvalue weighted by Gasteiger charge is 2.05. The number of aromatic nitrogens is 1. The monoisotopic (exact) mass is 262 g/mol. The zero-order valence-corrected chi connectivity index (χ0v) is 11.5. The lowest BCUT2D eigenvalue weighted by Gasteiger charge is -2.10. The van der Waals surface area contributed by atoms with Crippen LogP contribution in [0.25, 0.3) is 10.9 Å². The van der Waals surface area contributed by atoms with Gasteiger partial charge in [0.05, 0.1) is 25.3 Å². The summed E-state index contributed by atoms with van der Waals surface area (Å²) in [5.41, 5.74) is 8.27.